The van der Waals surface area contributed by atoms with Crippen LogP contribution in [-0.4, -0.2) is 10.1 Å². The van der Waals surface area contributed by atoms with Crippen LogP contribution in [0, 0.1) is 0 Å². The van der Waals surface area contributed by atoms with Crippen molar-refractivity contribution in [1.29, 1.82) is 0 Å². The first-order valence-corrected chi connectivity index (χ1v) is 6.64. The maximum absolute atomic E-state index is 9.70. The van der Waals surface area contributed by atoms with Crippen LogP contribution in [0.4, 0.5) is 0 Å². The van der Waals surface area contributed by atoms with Gasteiger partial charge in [-0.05, 0) is 29.8 Å². The number of nitrogens with zero attached hydrogens (tertiary/aromatic N) is 1. The summed E-state index contributed by atoms with van der Waals surface area (Å²) in [5.41, 5.74) is 3.13. The molecule has 0 unspecified atom stereocenters. The van der Waals surface area contributed by atoms with Gasteiger partial charge in [-0.15, -0.1) is 0 Å². The van der Waals surface area contributed by atoms with Crippen LogP contribution in [0.15, 0.2) is 60.8 Å². The molecule has 3 heteroatoms. The van der Waals surface area contributed by atoms with Gasteiger partial charge < -0.3 is 10.4 Å². The molecule has 1 aromatic heterocycles. The average molecular weight is 264 g/mol. The molecule has 0 spiro atoms. The Balaban J connectivity index is 1.67. The number of phenols is 1. The van der Waals surface area contributed by atoms with E-state index < -0.39 is 0 Å². The first-order valence-electron chi connectivity index (χ1n) is 6.64. The number of para-hydroxylation sites is 1. The molecule has 0 bridgehead atoms. The molecule has 3 nitrogen and oxygen atoms in total. The van der Waals surface area contributed by atoms with E-state index in [1.54, 1.807) is 12.3 Å². The van der Waals surface area contributed by atoms with Crippen LogP contribution >= 0.6 is 0 Å². The molecule has 3 aromatic rings. The third-order valence-electron chi connectivity index (χ3n) is 3.30. The molecule has 0 saturated carbocycles. The van der Waals surface area contributed by atoms with Gasteiger partial charge in [0.15, 0.2) is 0 Å². The van der Waals surface area contributed by atoms with Crippen molar-refractivity contribution in [3.63, 3.8) is 0 Å². The highest BCUT2D eigenvalue weighted by Gasteiger charge is 2.00. The van der Waals surface area contributed by atoms with Crippen molar-refractivity contribution < 1.29 is 5.11 Å². The van der Waals surface area contributed by atoms with E-state index in [1.165, 1.54) is 5.56 Å². The molecule has 2 aromatic carbocycles. The monoisotopic (exact) mass is 264 g/mol. The smallest absolute Gasteiger partial charge is 0.120 e. The highest BCUT2D eigenvalue weighted by molar-refractivity contribution is 5.78. The topological polar surface area (TPSA) is 45.1 Å². The van der Waals surface area contributed by atoms with Crippen molar-refractivity contribution in [2.75, 3.05) is 0 Å². The Kier molecular flexibility index (Phi) is 3.61. The third kappa shape index (κ3) is 2.78. The van der Waals surface area contributed by atoms with Crippen LogP contribution < -0.4 is 5.32 Å². The summed E-state index contributed by atoms with van der Waals surface area (Å²) in [5.74, 6) is 0.336. The molecule has 20 heavy (non-hydrogen) atoms. The Bertz CT molecular complexity index is 725. The fraction of sp³-hybridized carbons (Fsp3) is 0.118. The molecular weight excluding hydrogens is 248 g/mol. The van der Waals surface area contributed by atoms with Crippen molar-refractivity contribution in [3.05, 3.63) is 71.9 Å². The van der Waals surface area contributed by atoms with E-state index in [-0.39, 0.29) is 0 Å². The number of pyridine rings is 1. The largest absolute Gasteiger partial charge is 0.508 e. The first kappa shape index (κ1) is 12.6. The average Bonchev–Trinajstić information content (AvgIpc) is 2.49. The molecule has 0 fully saturated rings. The number of fused-ring (bicyclic) bond motifs is 1. The summed E-state index contributed by atoms with van der Waals surface area (Å²) in [6.07, 6.45) is 1.80. The summed E-state index contributed by atoms with van der Waals surface area (Å²) in [4.78, 5) is 4.31. The van der Waals surface area contributed by atoms with Crippen LogP contribution in [0.1, 0.15) is 11.1 Å². The summed E-state index contributed by atoms with van der Waals surface area (Å²) in [6, 6.07) is 17.6. The molecule has 2 N–H and O–H groups in total. The van der Waals surface area contributed by atoms with Crippen molar-refractivity contribution in [2.24, 2.45) is 0 Å². The van der Waals surface area contributed by atoms with Gasteiger partial charge in [-0.3, -0.25) is 4.98 Å². The zero-order valence-corrected chi connectivity index (χ0v) is 11.1. The van der Waals surface area contributed by atoms with Crippen molar-refractivity contribution in [2.45, 2.75) is 13.1 Å². The van der Waals surface area contributed by atoms with Crippen LogP contribution in [0.3, 0.4) is 0 Å². The van der Waals surface area contributed by atoms with E-state index in [1.807, 2.05) is 30.3 Å². The molecule has 3 rings (SSSR count). The Hall–Kier alpha value is -2.39. The maximum atomic E-state index is 9.70. The lowest BCUT2D eigenvalue weighted by Gasteiger charge is -2.07. The van der Waals surface area contributed by atoms with Gasteiger partial charge in [0, 0.05) is 30.2 Å². The minimum Gasteiger partial charge on any atom is -0.508 e. The van der Waals surface area contributed by atoms with Gasteiger partial charge in [0.1, 0.15) is 5.75 Å². The van der Waals surface area contributed by atoms with Gasteiger partial charge in [-0.1, -0.05) is 30.3 Å². The Morgan fingerprint density at radius 3 is 2.75 bits per heavy atom. The lowest BCUT2D eigenvalue weighted by molar-refractivity contribution is 0.464. The number of hydrogen-bond acceptors (Lipinski definition) is 3. The Morgan fingerprint density at radius 1 is 0.950 bits per heavy atom. The van der Waals surface area contributed by atoms with Crippen LogP contribution in [0.5, 0.6) is 5.75 Å². The van der Waals surface area contributed by atoms with Gasteiger partial charge in [-0.2, -0.15) is 0 Å². The highest BCUT2D eigenvalue weighted by atomic mass is 16.3. The fourth-order valence-electron chi connectivity index (χ4n) is 2.24. The number of rotatable bonds is 4. The molecule has 100 valence electrons. The minimum atomic E-state index is 0.336. The van der Waals surface area contributed by atoms with E-state index in [0.717, 1.165) is 23.0 Å². The minimum absolute atomic E-state index is 0.336. The van der Waals surface area contributed by atoms with E-state index in [0.29, 0.717) is 12.3 Å². The number of nitrogens with one attached hydrogen (secondary N) is 1. The van der Waals surface area contributed by atoms with E-state index >= 15 is 0 Å². The number of benzene rings is 2. The molecule has 0 aliphatic rings. The summed E-state index contributed by atoms with van der Waals surface area (Å²) in [5, 5.41) is 14.2. The second-order valence-electron chi connectivity index (χ2n) is 4.76. The SMILES string of the molecule is Oc1ccccc1CNCc1ccc2ncccc2c1. The molecular formula is C17H16N2O. The zero-order valence-electron chi connectivity index (χ0n) is 11.1. The van der Waals surface area contributed by atoms with Crippen LogP contribution in [0.2, 0.25) is 0 Å². The Morgan fingerprint density at radius 2 is 1.85 bits per heavy atom. The van der Waals surface area contributed by atoms with Crippen LogP contribution in [0.25, 0.3) is 10.9 Å². The lowest BCUT2D eigenvalue weighted by Crippen LogP contribution is -2.12. The fourth-order valence-corrected chi connectivity index (χ4v) is 2.24. The summed E-state index contributed by atoms with van der Waals surface area (Å²) >= 11 is 0. The standard InChI is InChI=1S/C17H16N2O/c20-17-6-2-1-4-15(17)12-18-11-13-7-8-16-14(10-13)5-3-9-19-16/h1-10,18,20H,11-12H2. The van der Waals surface area contributed by atoms with Gasteiger partial charge in [-0.25, -0.2) is 0 Å². The maximum Gasteiger partial charge on any atom is 0.120 e. The second kappa shape index (κ2) is 5.72. The molecule has 0 saturated heterocycles. The summed E-state index contributed by atoms with van der Waals surface area (Å²) in [6.45, 7) is 1.41. The van der Waals surface area contributed by atoms with E-state index in [4.69, 9.17) is 0 Å². The first-order chi connectivity index (χ1) is 9.83. The van der Waals surface area contributed by atoms with E-state index in [9.17, 15) is 5.11 Å². The number of phenolic OH excluding ortho intramolecular Hbond substituents is 1. The van der Waals surface area contributed by atoms with E-state index in [2.05, 4.69) is 28.5 Å². The van der Waals surface area contributed by atoms with Crippen molar-refractivity contribution in [3.8, 4) is 5.75 Å². The highest BCUT2D eigenvalue weighted by Crippen LogP contribution is 2.16. The molecule has 0 amide bonds. The molecule has 0 aliphatic carbocycles. The number of aromatic hydroxyl groups is 1. The summed E-state index contributed by atoms with van der Waals surface area (Å²) < 4.78 is 0. The molecule has 0 aliphatic heterocycles. The quantitative estimate of drug-likeness (QED) is 0.760. The lowest BCUT2D eigenvalue weighted by atomic mass is 10.1. The molecule has 0 radical (unpaired) electrons. The molecule has 1 heterocycles. The van der Waals surface area contributed by atoms with Gasteiger partial charge in [0.05, 0.1) is 5.52 Å². The number of hydrogen-bond donors (Lipinski definition) is 2. The number of aromatic nitrogens is 1. The third-order valence-corrected chi connectivity index (χ3v) is 3.30. The second-order valence-corrected chi connectivity index (χ2v) is 4.76. The predicted octanol–water partition coefficient (Wildman–Crippen LogP) is 3.23. The predicted molar refractivity (Wildman–Crippen MR) is 80.4 cm³/mol. The molecule has 0 atom stereocenters. The van der Waals surface area contributed by atoms with Gasteiger partial charge >= 0.3 is 0 Å². The van der Waals surface area contributed by atoms with Gasteiger partial charge in [0.2, 0.25) is 0 Å². The van der Waals surface area contributed by atoms with Crippen LogP contribution in [-0.2, 0) is 13.1 Å². The summed E-state index contributed by atoms with van der Waals surface area (Å²) in [7, 11) is 0. The van der Waals surface area contributed by atoms with Gasteiger partial charge in [0.25, 0.3) is 0 Å². The normalized spacial score (nSPS) is 10.8. The zero-order chi connectivity index (χ0) is 13.8. The van der Waals surface area contributed by atoms with Crippen molar-refractivity contribution >= 4 is 10.9 Å². The van der Waals surface area contributed by atoms with Crippen molar-refractivity contribution in [1.82, 2.24) is 10.3 Å². The Labute approximate surface area is 117 Å².